The number of rotatable bonds is 6. The quantitative estimate of drug-likeness (QED) is 0.752. The summed E-state index contributed by atoms with van der Waals surface area (Å²) >= 11 is 0. The van der Waals surface area contributed by atoms with E-state index in [4.69, 9.17) is 9.15 Å². The maximum absolute atomic E-state index is 5.25. The Morgan fingerprint density at radius 1 is 1.64 bits per heavy atom. The Bertz CT molecular complexity index is 281. The van der Waals surface area contributed by atoms with E-state index in [0.29, 0.717) is 18.7 Å². The topological polar surface area (TPSA) is 47.3 Å². The molecule has 4 nitrogen and oxygen atoms in total. The van der Waals surface area contributed by atoms with E-state index in [1.807, 2.05) is 0 Å². The summed E-state index contributed by atoms with van der Waals surface area (Å²) in [6, 6.07) is 0.701. The molecule has 1 heterocycles. The second-order valence-corrected chi connectivity index (χ2v) is 3.61. The summed E-state index contributed by atoms with van der Waals surface area (Å²) in [5.74, 6) is 0. The van der Waals surface area contributed by atoms with Gasteiger partial charge in [-0.25, -0.2) is 0 Å². The summed E-state index contributed by atoms with van der Waals surface area (Å²) in [5, 5.41) is 3.36. The molecule has 4 heteroatoms. The highest BCUT2D eigenvalue weighted by Crippen LogP contribution is 2.19. The van der Waals surface area contributed by atoms with Gasteiger partial charge in [0.2, 0.25) is 0 Å². The van der Waals surface area contributed by atoms with Gasteiger partial charge in [0, 0.05) is 12.6 Å². The van der Waals surface area contributed by atoms with Gasteiger partial charge in [0.05, 0.1) is 12.3 Å². The van der Waals surface area contributed by atoms with Crippen LogP contribution in [-0.4, -0.2) is 17.6 Å². The van der Waals surface area contributed by atoms with Crippen LogP contribution in [-0.2, 0) is 6.54 Å². The van der Waals surface area contributed by atoms with Crippen molar-refractivity contribution in [3.05, 3.63) is 12.0 Å². The zero-order valence-electron chi connectivity index (χ0n) is 8.45. The molecule has 0 atom stereocenters. The predicted molar refractivity (Wildman–Crippen MR) is 52.2 cm³/mol. The highest BCUT2D eigenvalue weighted by atomic mass is 16.6. The zero-order chi connectivity index (χ0) is 9.80. The molecule has 0 aromatic carbocycles. The van der Waals surface area contributed by atoms with Gasteiger partial charge in [0.1, 0.15) is 6.26 Å². The lowest BCUT2D eigenvalue weighted by Crippen LogP contribution is -2.15. The maximum atomic E-state index is 5.25. The van der Waals surface area contributed by atoms with Crippen LogP contribution in [0.2, 0.25) is 0 Å². The van der Waals surface area contributed by atoms with E-state index in [1.165, 1.54) is 12.8 Å². The average Bonchev–Trinajstić information content (AvgIpc) is 2.92. The van der Waals surface area contributed by atoms with Gasteiger partial charge >= 0.3 is 6.08 Å². The molecule has 1 aromatic rings. The second kappa shape index (κ2) is 4.46. The molecule has 1 aliphatic rings. The van der Waals surface area contributed by atoms with Crippen LogP contribution in [0.25, 0.3) is 0 Å². The van der Waals surface area contributed by atoms with Crippen LogP contribution in [0.5, 0.6) is 6.08 Å². The van der Waals surface area contributed by atoms with Crippen molar-refractivity contribution < 1.29 is 9.15 Å². The van der Waals surface area contributed by atoms with E-state index in [9.17, 15) is 0 Å². The lowest BCUT2D eigenvalue weighted by atomic mass is 10.5. The molecule has 1 aromatic heterocycles. The molecule has 2 rings (SSSR count). The van der Waals surface area contributed by atoms with Gasteiger partial charge in [-0.1, -0.05) is 6.92 Å². The van der Waals surface area contributed by atoms with Crippen LogP contribution in [0.4, 0.5) is 0 Å². The van der Waals surface area contributed by atoms with E-state index in [0.717, 1.165) is 18.7 Å². The molecule has 1 aliphatic carbocycles. The van der Waals surface area contributed by atoms with Crippen molar-refractivity contribution >= 4 is 0 Å². The molecule has 0 amide bonds. The first-order valence-electron chi connectivity index (χ1n) is 5.19. The van der Waals surface area contributed by atoms with E-state index >= 15 is 0 Å². The SMILES string of the molecule is CCCOc1nc(CNC2CC2)co1. The highest BCUT2D eigenvalue weighted by molar-refractivity contribution is 5.00. The Morgan fingerprint density at radius 3 is 3.21 bits per heavy atom. The minimum atomic E-state index is 0.388. The van der Waals surface area contributed by atoms with Gasteiger partial charge in [0.25, 0.3) is 0 Å². The molecule has 0 radical (unpaired) electrons. The van der Waals surface area contributed by atoms with E-state index in [1.54, 1.807) is 6.26 Å². The van der Waals surface area contributed by atoms with Crippen LogP contribution in [0, 0.1) is 0 Å². The van der Waals surface area contributed by atoms with Gasteiger partial charge in [-0.15, -0.1) is 0 Å². The Kier molecular flexibility index (Phi) is 3.03. The fraction of sp³-hybridized carbons (Fsp3) is 0.700. The molecule has 1 N–H and O–H groups in total. The first kappa shape index (κ1) is 9.52. The van der Waals surface area contributed by atoms with Crippen molar-refractivity contribution in [2.75, 3.05) is 6.61 Å². The Hall–Kier alpha value is -1.03. The van der Waals surface area contributed by atoms with Crippen LogP contribution in [0.15, 0.2) is 10.7 Å². The van der Waals surface area contributed by atoms with E-state index in [2.05, 4.69) is 17.2 Å². The number of aromatic nitrogens is 1. The molecule has 1 fully saturated rings. The van der Waals surface area contributed by atoms with Crippen molar-refractivity contribution in [1.82, 2.24) is 10.3 Å². The largest absolute Gasteiger partial charge is 0.450 e. The zero-order valence-corrected chi connectivity index (χ0v) is 8.45. The predicted octanol–water partition coefficient (Wildman–Crippen LogP) is 1.72. The summed E-state index contributed by atoms with van der Waals surface area (Å²) in [7, 11) is 0. The van der Waals surface area contributed by atoms with E-state index < -0.39 is 0 Å². The number of hydrogen-bond acceptors (Lipinski definition) is 4. The van der Waals surface area contributed by atoms with Gasteiger partial charge in [-0.3, -0.25) is 0 Å². The number of oxazole rings is 1. The molecule has 0 saturated heterocycles. The van der Waals surface area contributed by atoms with Gasteiger partial charge < -0.3 is 14.5 Å². The van der Waals surface area contributed by atoms with E-state index in [-0.39, 0.29) is 0 Å². The summed E-state index contributed by atoms with van der Waals surface area (Å²) in [6.45, 7) is 3.50. The number of nitrogens with zero attached hydrogens (tertiary/aromatic N) is 1. The third-order valence-corrected chi connectivity index (χ3v) is 2.11. The van der Waals surface area contributed by atoms with Crippen LogP contribution in [0.1, 0.15) is 31.9 Å². The van der Waals surface area contributed by atoms with Crippen molar-refractivity contribution in [2.24, 2.45) is 0 Å². The molecule has 14 heavy (non-hydrogen) atoms. The Balaban J connectivity index is 1.76. The normalized spacial score (nSPS) is 15.8. The first-order valence-corrected chi connectivity index (χ1v) is 5.19. The molecule has 0 aliphatic heterocycles. The monoisotopic (exact) mass is 196 g/mol. The first-order chi connectivity index (χ1) is 6.88. The third-order valence-electron chi connectivity index (χ3n) is 2.11. The van der Waals surface area contributed by atoms with Crippen molar-refractivity contribution in [1.29, 1.82) is 0 Å². The average molecular weight is 196 g/mol. The standard InChI is InChI=1S/C10H16N2O2/c1-2-5-13-10-12-9(7-14-10)6-11-8-3-4-8/h7-8,11H,2-6H2,1H3. The van der Waals surface area contributed by atoms with Crippen molar-refractivity contribution in [3.8, 4) is 6.08 Å². The fourth-order valence-electron chi connectivity index (χ4n) is 1.16. The summed E-state index contributed by atoms with van der Waals surface area (Å²) in [4.78, 5) is 4.20. The molecule has 0 spiro atoms. The van der Waals surface area contributed by atoms with Gasteiger partial charge in [0.15, 0.2) is 0 Å². The second-order valence-electron chi connectivity index (χ2n) is 3.61. The smallest absolute Gasteiger partial charge is 0.393 e. The maximum Gasteiger partial charge on any atom is 0.393 e. The molecular formula is C10H16N2O2. The lowest BCUT2D eigenvalue weighted by Gasteiger charge is -1.97. The van der Waals surface area contributed by atoms with Gasteiger partial charge in [-0.2, -0.15) is 4.98 Å². The Labute approximate surface area is 83.7 Å². The summed E-state index contributed by atoms with van der Waals surface area (Å²) < 4.78 is 10.4. The van der Waals surface area contributed by atoms with Crippen LogP contribution in [0.3, 0.4) is 0 Å². The van der Waals surface area contributed by atoms with Gasteiger partial charge in [-0.05, 0) is 19.3 Å². The lowest BCUT2D eigenvalue weighted by molar-refractivity contribution is 0.230. The Morgan fingerprint density at radius 2 is 2.50 bits per heavy atom. The van der Waals surface area contributed by atoms with Crippen LogP contribution < -0.4 is 10.1 Å². The summed E-state index contributed by atoms with van der Waals surface area (Å²) in [5.41, 5.74) is 0.919. The third kappa shape index (κ3) is 2.73. The van der Waals surface area contributed by atoms with Crippen molar-refractivity contribution in [2.45, 2.75) is 38.8 Å². The fourth-order valence-corrected chi connectivity index (χ4v) is 1.16. The molecule has 0 bridgehead atoms. The van der Waals surface area contributed by atoms with Crippen molar-refractivity contribution in [3.63, 3.8) is 0 Å². The molecular weight excluding hydrogens is 180 g/mol. The molecule has 0 unspecified atom stereocenters. The molecule has 78 valence electrons. The van der Waals surface area contributed by atoms with Crippen LogP contribution >= 0.6 is 0 Å². The minimum absolute atomic E-state index is 0.388. The highest BCUT2D eigenvalue weighted by Gasteiger charge is 2.20. The number of nitrogens with one attached hydrogen (secondary N) is 1. The number of hydrogen-bond donors (Lipinski definition) is 1. The summed E-state index contributed by atoms with van der Waals surface area (Å²) in [6.07, 6.45) is 5.59. The number of ether oxygens (including phenoxy) is 1. The minimum Gasteiger partial charge on any atom is -0.450 e. The molecule has 1 saturated carbocycles.